The van der Waals surface area contributed by atoms with Crippen molar-refractivity contribution in [2.24, 2.45) is 5.92 Å². The van der Waals surface area contributed by atoms with Gasteiger partial charge in [0.2, 0.25) is 5.91 Å². The second-order valence-electron chi connectivity index (χ2n) is 7.71. The Hall–Kier alpha value is -1.73. The van der Waals surface area contributed by atoms with Crippen LogP contribution in [0.15, 0.2) is 6.33 Å². The normalized spacial score (nSPS) is 25.1. The molecule has 1 atom stereocenters. The van der Waals surface area contributed by atoms with Crippen molar-refractivity contribution in [2.75, 3.05) is 64.4 Å². The first kappa shape index (κ1) is 17.7. The molecule has 0 aliphatic carbocycles. The summed E-state index contributed by atoms with van der Waals surface area (Å²) in [7, 11) is 1.89. The van der Waals surface area contributed by atoms with Gasteiger partial charge in [-0.1, -0.05) is 0 Å². The van der Waals surface area contributed by atoms with Gasteiger partial charge in [0.25, 0.3) is 0 Å². The lowest BCUT2D eigenvalue weighted by atomic mass is 10.1. The first-order valence-corrected chi connectivity index (χ1v) is 9.82. The average molecular weight is 359 g/mol. The highest BCUT2D eigenvalue weighted by atomic mass is 16.5. The summed E-state index contributed by atoms with van der Waals surface area (Å²) in [6, 6.07) is 0. The standard InChI is InChI=1S/C19H29N5O2/c1-22-9-10-24(8-4-18(22)25)19-16-2-6-23(12-15-5-11-26-13-15)7-3-17(16)20-14-21-19/h14-15H,2-13H2,1H3/t15-/m0/s1. The lowest BCUT2D eigenvalue weighted by Crippen LogP contribution is -2.32. The highest BCUT2D eigenvalue weighted by Crippen LogP contribution is 2.25. The van der Waals surface area contributed by atoms with Crippen LogP contribution >= 0.6 is 0 Å². The second-order valence-corrected chi connectivity index (χ2v) is 7.71. The number of nitrogens with zero attached hydrogens (tertiary/aromatic N) is 5. The summed E-state index contributed by atoms with van der Waals surface area (Å²) in [6.45, 7) is 7.40. The van der Waals surface area contributed by atoms with Crippen LogP contribution in [0, 0.1) is 5.92 Å². The van der Waals surface area contributed by atoms with Crippen LogP contribution in [0.2, 0.25) is 0 Å². The number of hydrogen-bond donors (Lipinski definition) is 0. The van der Waals surface area contributed by atoms with Crippen LogP contribution in [0.25, 0.3) is 0 Å². The molecule has 3 aliphatic heterocycles. The third kappa shape index (κ3) is 3.83. The van der Waals surface area contributed by atoms with Gasteiger partial charge in [0, 0.05) is 71.3 Å². The van der Waals surface area contributed by atoms with Gasteiger partial charge in [0.05, 0.1) is 12.3 Å². The third-order valence-electron chi connectivity index (χ3n) is 5.92. The molecule has 1 aromatic heterocycles. The van der Waals surface area contributed by atoms with E-state index in [0.717, 1.165) is 71.1 Å². The number of fused-ring (bicyclic) bond motifs is 1. The summed E-state index contributed by atoms with van der Waals surface area (Å²) in [5.41, 5.74) is 2.47. The number of carbonyl (C=O) groups is 1. The largest absolute Gasteiger partial charge is 0.381 e. The lowest BCUT2D eigenvalue weighted by molar-refractivity contribution is -0.129. The molecule has 0 unspecified atom stereocenters. The van der Waals surface area contributed by atoms with Gasteiger partial charge in [-0.15, -0.1) is 0 Å². The minimum atomic E-state index is 0.220. The first-order valence-electron chi connectivity index (χ1n) is 9.82. The summed E-state index contributed by atoms with van der Waals surface area (Å²) >= 11 is 0. The second kappa shape index (κ2) is 7.88. The van der Waals surface area contributed by atoms with Crippen LogP contribution in [0.4, 0.5) is 5.82 Å². The number of hydrogen-bond acceptors (Lipinski definition) is 6. The zero-order valence-corrected chi connectivity index (χ0v) is 15.7. The molecule has 26 heavy (non-hydrogen) atoms. The number of carbonyl (C=O) groups excluding carboxylic acids is 1. The summed E-state index contributed by atoms with van der Waals surface area (Å²) in [5, 5.41) is 0. The molecule has 4 heterocycles. The number of likely N-dealkylation sites (N-methyl/N-ethyl adjacent to an activating group) is 1. The van der Waals surface area contributed by atoms with Crippen molar-refractivity contribution < 1.29 is 9.53 Å². The topological polar surface area (TPSA) is 61.8 Å². The van der Waals surface area contributed by atoms with Gasteiger partial charge in [-0.2, -0.15) is 0 Å². The van der Waals surface area contributed by atoms with E-state index in [2.05, 4.69) is 19.8 Å². The quantitative estimate of drug-likeness (QED) is 0.787. The maximum Gasteiger partial charge on any atom is 0.224 e. The first-order chi connectivity index (χ1) is 12.7. The summed E-state index contributed by atoms with van der Waals surface area (Å²) in [6.07, 6.45) is 5.41. The van der Waals surface area contributed by atoms with Crippen LogP contribution in [0.1, 0.15) is 24.1 Å². The van der Waals surface area contributed by atoms with E-state index in [1.807, 2.05) is 11.9 Å². The molecule has 4 rings (SSSR count). The van der Waals surface area contributed by atoms with Crippen LogP contribution in [-0.4, -0.2) is 85.2 Å². The Balaban J connectivity index is 1.47. The fourth-order valence-corrected chi connectivity index (χ4v) is 4.24. The van der Waals surface area contributed by atoms with Crippen molar-refractivity contribution in [3.05, 3.63) is 17.6 Å². The highest BCUT2D eigenvalue weighted by molar-refractivity contribution is 5.77. The minimum absolute atomic E-state index is 0.220. The molecule has 142 valence electrons. The molecule has 0 saturated carbocycles. The minimum Gasteiger partial charge on any atom is -0.381 e. The Bertz CT molecular complexity index is 647. The molecule has 7 nitrogen and oxygen atoms in total. The number of rotatable bonds is 3. The SMILES string of the molecule is CN1CCN(c2ncnc3c2CCN(C[C@@H]2CCOC2)CC3)CCC1=O. The Morgan fingerprint density at radius 1 is 1.12 bits per heavy atom. The van der Waals surface area contributed by atoms with Crippen LogP contribution in [0.3, 0.4) is 0 Å². The van der Waals surface area contributed by atoms with Crippen molar-refractivity contribution in [1.29, 1.82) is 0 Å². The maximum absolute atomic E-state index is 12.0. The Labute approximate surface area is 155 Å². The molecule has 2 fully saturated rings. The Kier molecular flexibility index (Phi) is 5.36. The smallest absolute Gasteiger partial charge is 0.224 e. The number of ether oxygens (including phenoxy) is 1. The molecule has 2 saturated heterocycles. The van der Waals surface area contributed by atoms with Crippen molar-refractivity contribution in [3.8, 4) is 0 Å². The van der Waals surface area contributed by atoms with Crippen molar-refractivity contribution in [1.82, 2.24) is 19.8 Å². The number of anilines is 1. The van der Waals surface area contributed by atoms with E-state index in [1.165, 1.54) is 17.7 Å². The van der Waals surface area contributed by atoms with Crippen LogP contribution in [0.5, 0.6) is 0 Å². The van der Waals surface area contributed by atoms with Gasteiger partial charge in [0.15, 0.2) is 0 Å². The molecule has 0 spiro atoms. The molecule has 0 aromatic carbocycles. The molecular weight excluding hydrogens is 330 g/mol. The van der Waals surface area contributed by atoms with E-state index in [1.54, 1.807) is 6.33 Å². The van der Waals surface area contributed by atoms with Crippen molar-refractivity contribution >= 4 is 11.7 Å². The number of amides is 1. The average Bonchev–Trinajstić information content (AvgIpc) is 3.00. The summed E-state index contributed by atoms with van der Waals surface area (Å²) in [4.78, 5) is 27.9. The Morgan fingerprint density at radius 3 is 2.85 bits per heavy atom. The van der Waals surface area contributed by atoms with Gasteiger partial charge in [-0.05, 0) is 18.8 Å². The highest BCUT2D eigenvalue weighted by Gasteiger charge is 2.26. The van der Waals surface area contributed by atoms with Gasteiger partial charge >= 0.3 is 0 Å². The molecule has 0 N–H and O–H groups in total. The van der Waals surface area contributed by atoms with E-state index in [4.69, 9.17) is 4.74 Å². The van der Waals surface area contributed by atoms with Gasteiger partial charge in [0.1, 0.15) is 12.1 Å². The molecule has 0 radical (unpaired) electrons. The molecular formula is C19H29N5O2. The van der Waals surface area contributed by atoms with E-state index in [-0.39, 0.29) is 5.91 Å². The third-order valence-corrected chi connectivity index (χ3v) is 5.92. The van der Waals surface area contributed by atoms with E-state index in [0.29, 0.717) is 12.3 Å². The summed E-state index contributed by atoms with van der Waals surface area (Å²) in [5.74, 6) is 1.94. The molecule has 0 bridgehead atoms. The molecule has 7 heteroatoms. The van der Waals surface area contributed by atoms with E-state index >= 15 is 0 Å². The zero-order chi connectivity index (χ0) is 17.9. The van der Waals surface area contributed by atoms with Crippen molar-refractivity contribution in [3.63, 3.8) is 0 Å². The van der Waals surface area contributed by atoms with Gasteiger partial charge in [-0.25, -0.2) is 9.97 Å². The predicted octanol–water partition coefficient (Wildman–Crippen LogP) is 0.582. The van der Waals surface area contributed by atoms with E-state index in [9.17, 15) is 4.79 Å². The van der Waals surface area contributed by atoms with Gasteiger partial charge < -0.3 is 19.4 Å². The fourth-order valence-electron chi connectivity index (χ4n) is 4.24. The van der Waals surface area contributed by atoms with Gasteiger partial charge in [-0.3, -0.25) is 4.79 Å². The summed E-state index contributed by atoms with van der Waals surface area (Å²) < 4.78 is 5.53. The maximum atomic E-state index is 12.0. The predicted molar refractivity (Wildman–Crippen MR) is 99.3 cm³/mol. The zero-order valence-electron chi connectivity index (χ0n) is 15.7. The monoisotopic (exact) mass is 359 g/mol. The molecule has 1 amide bonds. The van der Waals surface area contributed by atoms with Crippen LogP contribution in [-0.2, 0) is 22.4 Å². The van der Waals surface area contributed by atoms with Crippen LogP contribution < -0.4 is 4.90 Å². The number of aromatic nitrogens is 2. The van der Waals surface area contributed by atoms with Crippen molar-refractivity contribution in [2.45, 2.75) is 25.7 Å². The molecule has 3 aliphatic rings. The van der Waals surface area contributed by atoms with E-state index < -0.39 is 0 Å². The fraction of sp³-hybridized carbons (Fsp3) is 0.737. The Morgan fingerprint density at radius 2 is 2.00 bits per heavy atom. The molecule has 1 aromatic rings. The lowest BCUT2D eigenvalue weighted by Gasteiger charge is -2.25.